The number of fused-ring (bicyclic) bond motifs is 1. The lowest BCUT2D eigenvalue weighted by Crippen LogP contribution is -2.30. The number of aromatic nitrogens is 1. The van der Waals surface area contributed by atoms with Crippen LogP contribution in [-0.4, -0.2) is 23.0 Å². The monoisotopic (exact) mass is 375 g/mol. The molecular formula is C22H21N3O3. The first kappa shape index (κ1) is 18.0. The van der Waals surface area contributed by atoms with Crippen LogP contribution in [0.3, 0.4) is 0 Å². The largest absolute Gasteiger partial charge is 0.454 e. The number of pyridine rings is 1. The fourth-order valence-corrected chi connectivity index (χ4v) is 2.91. The molecule has 6 nitrogen and oxygen atoms in total. The lowest BCUT2D eigenvalue weighted by Gasteiger charge is -2.14. The minimum Gasteiger partial charge on any atom is -0.454 e. The van der Waals surface area contributed by atoms with Gasteiger partial charge in [0.1, 0.15) is 6.10 Å². The van der Waals surface area contributed by atoms with Gasteiger partial charge in [-0.15, -0.1) is 0 Å². The quantitative estimate of drug-likeness (QED) is 0.646. The van der Waals surface area contributed by atoms with Crippen molar-refractivity contribution in [3.63, 3.8) is 0 Å². The summed E-state index contributed by atoms with van der Waals surface area (Å²) in [5.74, 6) is -0.452. The Bertz CT molecular complexity index is 1030. The Labute approximate surface area is 162 Å². The van der Waals surface area contributed by atoms with Gasteiger partial charge in [-0.2, -0.15) is 0 Å². The summed E-state index contributed by atoms with van der Waals surface area (Å²) in [6, 6.07) is 16.5. The molecule has 1 heterocycles. The maximum Gasteiger partial charge on any atom is 0.338 e. The van der Waals surface area contributed by atoms with Crippen molar-refractivity contribution >= 4 is 28.6 Å². The van der Waals surface area contributed by atoms with E-state index in [2.05, 4.69) is 15.6 Å². The number of benzene rings is 2. The Kier molecular flexibility index (Phi) is 4.93. The molecule has 0 saturated heterocycles. The third-order valence-corrected chi connectivity index (χ3v) is 4.63. The molecule has 3 aromatic rings. The number of esters is 1. The summed E-state index contributed by atoms with van der Waals surface area (Å²) in [6.07, 6.45) is 3.31. The molecule has 1 saturated carbocycles. The molecule has 2 aromatic carbocycles. The number of rotatable bonds is 5. The third kappa shape index (κ3) is 4.28. The molecular weight excluding hydrogens is 354 g/mol. The third-order valence-electron chi connectivity index (χ3n) is 4.63. The van der Waals surface area contributed by atoms with Crippen LogP contribution < -0.4 is 10.6 Å². The summed E-state index contributed by atoms with van der Waals surface area (Å²) in [4.78, 5) is 28.8. The second-order valence-corrected chi connectivity index (χ2v) is 6.96. The summed E-state index contributed by atoms with van der Waals surface area (Å²) in [5, 5.41) is 6.59. The highest BCUT2D eigenvalue weighted by Crippen LogP contribution is 2.23. The number of carbonyl (C=O) groups excluding carboxylic acids is 2. The van der Waals surface area contributed by atoms with Crippen LogP contribution in [0, 0.1) is 0 Å². The van der Waals surface area contributed by atoms with Gasteiger partial charge < -0.3 is 15.4 Å². The van der Waals surface area contributed by atoms with E-state index in [0.717, 1.165) is 29.3 Å². The summed E-state index contributed by atoms with van der Waals surface area (Å²) in [5.41, 5.74) is 2.65. The van der Waals surface area contributed by atoms with Crippen LogP contribution >= 0.6 is 0 Å². The summed E-state index contributed by atoms with van der Waals surface area (Å²) in [6.45, 7) is 1.81. The molecule has 0 radical (unpaired) electrons. The van der Waals surface area contributed by atoms with Gasteiger partial charge in [-0.05, 0) is 50.1 Å². The molecule has 2 amide bonds. The second-order valence-electron chi connectivity index (χ2n) is 6.96. The van der Waals surface area contributed by atoms with Crippen molar-refractivity contribution in [2.24, 2.45) is 0 Å². The Hall–Kier alpha value is -3.41. The van der Waals surface area contributed by atoms with Crippen LogP contribution in [0.25, 0.3) is 10.9 Å². The number of hydrogen-bond donors (Lipinski definition) is 2. The minimum atomic E-state index is -0.452. The van der Waals surface area contributed by atoms with Gasteiger partial charge >= 0.3 is 12.0 Å². The van der Waals surface area contributed by atoms with Crippen molar-refractivity contribution in [3.8, 4) is 0 Å². The van der Waals surface area contributed by atoms with E-state index < -0.39 is 12.1 Å². The van der Waals surface area contributed by atoms with Crippen molar-refractivity contribution in [2.45, 2.75) is 31.9 Å². The Morgan fingerprint density at radius 2 is 1.93 bits per heavy atom. The zero-order chi connectivity index (χ0) is 19.5. The molecule has 0 aliphatic heterocycles. The van der Waals surface area contributed by atoms with E-state index in [1.807, 2.05) is 37.3 Å². The molecule has 2 N–H and O–H groups in total. The number of carbonyl (C=O) groups is 2. The number of amides is 2. The number of hydrogen-bond acceptors (Lipinski definition) is 4. The predicted molar refractivity (Wildman–Crippen MR) is 107 cm³/mol. The molecule has 6 heteroatoms. The molecule has 142 valence electrons. The van der Waals surface area contributed by atoms with E-state index in [1.165, 1.54) is 0 Å². The standard InChI is InChI=1S/C22H21N3O3/c1-14(17-11-15-5-2-3-8-20(15)23-13-17)28-21(26)16-6-4-7-19(12-16)25-22(27)24-18-9-10-18/h2-8,11-14,18H,9-10H2,1H3,(H2,24,25,27). The van der Waals surface area contributed by atoms with Gasteiger partial charge in [0.15, 0.2) is 0 Å². The van der Waals surface area contributed by atoms with Gasteiger partial charge in [0.25, 0.3) is 0 Å². The van der Waals surface area contributed by atoms with E-state index in [1.54, 1.807) is 30.5 Å². The minimum absolute atomic E-state index is 0.261. The van der Waals surface area contributed by atoms with E-state index in [9.17, 15) is 9.59 Å². The van der Waals surface area contributed by atoms with Crippen LogP contribution in [-0.2, 0) is 4.74 Å². The first-order valence-corrected chi connectivity index (χ1v) is 9.32. The van der Waals surface area contributed by atoms with Crippen molar-refractivity contribution < 1.29 is 14.3 Å². The first-order chi connectivity index (χ1) is 13.6. The van der Waals surface area contributed by atoms with Crippen molar-refractivity contribution in [1.29, 1.82) is 0 Å². The molecule has 1 unspecified atom stereocenters. The molecule has 1 aliphatic carbocycles. The van der Waals surface area contributed by atoms with Gasteiger partial charge in [0, 0.05) is 28.9 Å². The Morgan fingerprint density at radius 1 is 1.11 bits per heavy atom. The summed E-state index contributed by atoms with van der Waals surface area (Å²) >= 11 is 0. The number of nitrogens with one attached hydrogen (secondary N) is 2. The molecule has 1 atom stereocenters. The normalized spacial score (nSPS) is 14.3. The highest BCUT2D eigenvalue weighted by Gasteiger charge is 2.23. The average Bonchev–Trinajstić information content (AvgIpc) is 3.51. The summed E-state index contributed by atoms with van der Waals surface area (Å²) in [7, 11) is 0. The number of nitrogens with zero attached hydrogens (tertiary/aromatic N) is 1. The topological polar surface area (TPSA) is 80.3 Å². The molecule has 1 aliphatic rings. The van der Waals surface area contributed by atoms with Crippen LogP contribution in [0.2, 0.25) is 0 Å². The lowest BCUT2D eigenvalue weighted by molar-refractivity contribution is 0.0337. The fourth-order valence-electron chi connectivity index (χ4n) is 2.91. The highest BCUT2D eigenvalue weighted by molar-refractivity contribution is 5.94. The van der Waals surface area contributed by atoms with Crippen molar-refractivity contribution in [1.82, 2.24) is 10.3 Å². The van der Waals surface area contributed by atoms with E-state index in [0.29, 0.717) is 11.3 Å². The van der Waals surface area contributed by atoms with Crippen LogP contribution in [0.4, 0.5) is 10.5 Å². The number of para-hydroxylation sites is 1. The van der Waals surface area contributed by atoms with Crippen LogP contribution in [0.5, 0.6) is 0 Å². The first-order valence-electron chi connectivity index (χ1n) is 9.32. The molecule has 4 rings (SSSR count). The molecule has 0 spiro atoms. The van der Waals surface area contributed by atoms with E-state index >= 15 is 0 Å². The zero-order valence-electron chi connectivity index (χ0n) is 15.5. The van der Waals surface area contributed by atoms with Gasteiger partial charge in [0.2, 0.25) is 0 Å². The van der Waals surface area contributed by atoms with Gasteiger partial charge in [-0.1, -0.05) is 24.3 Å². The average molecular weight is 375 g/mol. The number of urea groups is 1. The Morgan fingerprint density at radius 3 is 2.75 bits per heavy atom. The van der Waals surface area contributed by atoms with Gasteiger partial charge in [-0.3, -0.25) is 4.98 Å². The maximum absolute atomic E-state index is 12.5. The van der Waals surface area contributed by atoms with Gasteiger partial charge in [-0.25, -0.2) is 9.59 Å². The zero-order valence-corrected chi connectivity index (χ0v) is 15.5. The molecule has 28 heavy (non-hydrogen) atoms. The van der Waals surface area contributed by atoms with Crippen molar-refractivity contribution in [3.05, 3.63) is 71.9 Å². The second kappa shape index (κ2) is 7.68. The molecule has 1 aromatic heterocycles. The lowest BCUT2D eigenvalue weighted by atomic mass is 10.1. The fraction of sp³-hybridized carbons (Fsp3) is 0.227. The maximum atomic E-state index is 12.5. The Balaban J connectivity index is 1.43. The van der Waals surface area contributed by atoms with E-state index in [4.69, 9.17) is 4.74 Å². The smallest absolute Gasteiger partial charge is 0.338 e. The highest BCUT2D eigenvalue weighted by atomic mass is 16.5. The van der Waals surface area contributed by atoms with E-state index in [-0.39, 0.29) is 12.1 Å². The number of anilines is 1. The van der Waals surface area contributed by atoms with Crippen LogP contribution in [0.15, 0.2) is 60.8 Å². The van der Waals surface area contributed by atoms with Crippen molar-refractivity contribution in [2.75, 3.05) is 5.32 Å². The summed E-state index contributed by atoms with van der Waals surface area (Å²) < 4.78 is 5.60. The van der Waals surface area contributed by atoms with Gasteiger partial charge in [0.05, 0.1) is 11.1 Å². The predicted octanol–water partition coefficient (Wildman–Crippen LogP) is 4.44. The molecule has 1 fully saturated rings. The van der Waals surface area contributed by atoms with Crippen LogP contribution in [0.1, 0.15) is 41.8 Å². The number of ether oxygens (including phenoxy) is 1. The SMILES string of the molecule is CC(OC(=O)c1cccc(NC(=O)NC2CC2)c1)c1cnc2ccccc2c1. The molecule has 0 bridgehead atoms.